The van der Waals surface area contributed by atoms with Crippen LogP contribution >= 0.6 is 0 Å². The summed E-state index contributed by atoms with van der Waals surface area (Å²) in [4.78, 5) is 16.2. The first kappa shape index (κ1) is 16.8. The minimum absolute atomic E-state index is 0.0925. The molecule has 0 radical (unpaired) electrons. The number of amides is 1. The third kappa shape index (κ3) is 5.27. The monoisotopic (exact) mass is 315 g/mol. The predicted octanol–water partition coefficient (Wildman–Crippen LogP) is 2.22. The van der Waals surface area contributed by atoms with Gasteiger partial charge in [-0.25, -0.2) is 0 Å². The average molecular weight is 315 g/mol. The summed E-state index contributed by atoms with van der Waals surface area (Å²) in [6, 6.07) is 11.0. The summed E-state index contributed by atoms with van der Waals surface area (Å²) in [6.45, 7) is 1.20. The van der Waals surface area contributed by atoms with Gasteiger partial charge in [-0.15, -0.1) is 0 Å². The highest BCUT2D eigenvalue weighted by Crippen LogP contribution is 2.28. The molecule has 0 bridgehead atoms. The molecule has 2 aromatic rings. The van der Waals surface area contributed by atoms with Gasteiger partial charge in [-0.05, 0) is 24.3 Å². The van der Waals surface area contributed by atoms with E-state index in [2.05, 4.69) is 15.6 Å². The Hall–Kier alpha value is -2.60. The van der Waals surface area contributed by atoms with E-state index < -0.39 is 0 Å². The number of methoxy groups -OCH3 is 2. The number of rotatable bonds is 8. The molecule has 1 amide bonds. The van der Waals surface area contributed by atoms with Crippen molar-refractivity contribution in [2.45, 2.75) is 13.0 Å². The molecule has 1 aromatic carbocycles. The lowest BCUT2D eigenvalue weighted by Crippen LogP contribution is -2.22. The van der Waals surface area contributed by atoms with E-state index in [0.29, 0.717) is 36.7 Å². The first-order chi connectivity index (χ1) is 11.2. The van der Waals surface area contributed by atoms with Gasteiger partial charge < -0.3 is 20.1 Å². The highest BCUT2D eigenvalue weighted by Gasteiger charge is 2.09. The molecular formula is C17H21N3O3. The third-order valence-corrected chi connectivity index (χ3v) is 3.24. The zero-order valence-corrected chi connectivity index (χ0v) is 13.3. The number of hydrogen-bond acceptors (Lipinski definition) is 5. The maximum absolute atomic E-state index is 12.0. The molecular weight excluding hydrogens is 294 g/mol. The van der Waals surface area contributed by atoms with Crippen LogP contribution in [0.5, 0.6) is 11.5 Å². The third-order valence-electron chi connectivity index (χ3n) is 3.24. The van der Waals surface area contributed by atoms with Crippen molar-refractivity contribution in [1.29, 1.82) is 0 Å². The Bertz CT molecular complexity index is 632. The van der Waals surface area contributed by atoms with Gasteiger partial charge in [0.2, 0.25) is 5.91 Å². The van der Waals surface area contributed by atoms with Crippen molar-refractivity contribution in [2.75, 3.05) is 26.1 Å². The van der Waals surface area contributed by atoms with Crippen LogP contribution in [0.1, 0.15) is 12.1 Å². The maximum atomic E-state index is 12.0. The number of pyridine rings is 1. The molecule has 0 unspecified atom stereocenters. The smallest absolute Gasteiger partial charge is 0.225 e. The molecule has 0 fully saturated rings. The van der Waals surface area contributed by atoms with Crippen molar-refractivity contribution < 1.29 is 14.3 Å². The summed E-state index contributed by atoms with van der Waals surface area (Å²) in [6.07, 6.45) is 2.10. The molecule has 0 saturated heterocycles. The Morgan fingerprint density at radius 2 is 2.04 bits per heavy atom. The zero-order valence-electron chi connectivity index (χ0n) is 13.3. The fourth-order valence-electron chi connectivity index (χ4n) is 2.05. The van der Waals surface area contributed by atoms with Crippen LogP contribution in [0.25, 0.3) is 0 Å². The van der Waals surface area contributed by atoms with Gasteiger partial charge in [0.05, 0.1) is 25.6 Å². The SMILES string of the molecule is COc1ccc(OC)c(NC(=O)CCNCc2ccccn2)c1. The number of nitrogens with one attached hydrogen (secondary N) is 2. The number of carbonyl (C=O) groups excluding carboxylic acids is 1. The number of ether oxygens (including phenoxy) is 2. The Kier molecular flexibility index (Phi) is 6.38. The van der Waals surface area contributed by atoms with Gasteiger partial charge in [-0.2, -0.15) is 0 Å². The molecule has 23 heavy (non-hydrogen) atoms. The highest BCUT2D eigenvalue weighted by atomic mass is 16.5. The van der Waals surface area contributed by atoms with Crippen molar-refractivity contribution in [2.24, 2.45) is 0 Å². The quantitative estimate of drug-likeness (QED) is 0.731. The normalized spacial score (nSPS) is 10.2. The minimum Gasteiger partial charge on any atom is -0.497 e. The molecule has 122 valence electrons. The summed E-state index contributed by atoms with van der Waals surface area (Å²) in [7, 11) is 3.14. The number of nitrogens with zero attached hydrogens (tertiary/aromatic N) is 1. The number of carbonyl (C=O) groups is 1. The molecule has 2 rings (SSSR count). The largest absolute Gasteiger partial charge is 0.497 e. The first-order valence-corrected chi connectivity index (χ1v) is 7.35. The molecule has 2 N–H and O–H groups in total. The van der Waals surface area contributed by atoms with E-state index in [4.69, 9.17) is 9.47 Å². The van der Waals surface area contributed by atoms with Crippen molar-refractivity contribution in [3.8, 4) is 11.5 Å². The topological polar surface area (TPSA) is 72.5 Å². The molecule has 0 atom stereocenters. The Morgan fingerprint density at radius 1 is 1.17 bits per heavy atom. The summed E-state index contributed by atoms with van der Waals surface area (Å²) < 4.78 is 10.4. The van der Waals surface area contributed by atoms with Crippen LogP contribution in [0.15, 0.2) is 42.6 Å². The Labute approximate surface area is 135 Å². The van der Waals surface area contributed by atoms with Crippen LogP contribution in [0.3, 0.4) is 0 Å². The molecule has 0 aliphatic carbocycles. The Morgan fingerprint density at radius 3 is 2.74 bits per heavy atom. The molecule has 1 aromatic heterocycles. The number of benzene rings is 1. The van der Waals surface area contributed by atoms with Crippen LogP contribution in [-0.4, -0.2) is 31.7 Å². The molecule has 0 saturated carbocycles. The van der Waals surface area contributed by atoms with E-state index >= 15 is 0 Å². The number of anilines is 1. The van der Waals surface area contributed by atoms with E-state index in [1.165, 1.54) is 0 Å². The second-order valence-electron chi connectivity index (χ2n) is 4.86. The van der Waals surface area contributed by atoms with E-state index in [-0.39, 0.29) is 5.91 Å². The van der Waals surface area contributed by atoms with Crippen molar-refractivity contribution in [1.82, 2.24) is 10.3 Å². The first-order valence-electron chi connectivity index (χ1n) is 7.35. The standard InChI is InChI=1S/C17H21N3O3/c1-22-14-6-7-16(23-2)15(11-14)20-17(21)8-10-18-12-13-5-3-4-9-19-13/h3-7,9,11,18H,8,10,12H2,1-2H3,(H,20,21). The molecule has 0 spiro atoms. The summed E-state index contributed by atoms with van der Waals surface area (Å²) in [5.41, 5.74) is 1.55. The van der Waals surface area contributed by atoms with Gasteiger partial charge in [0, 0.05) is 31.8 Å². The summed E-state index contributed by atoms with van der Waals surface area (Å²) in [5, 5.41) is 6.03. The van der Waals surface area contributed by atoms with Crippen molar-refractivity contribution >= 4 is 11.6 Å². The second-order valence-corrected chi connectivity index (χ2v) is 4.86. The summed E-state index contributed by atoms with van der Waals surface area (Å²) >= 11 is 0. The maximum Gasteiger partial charge on any atom is 0.225 e. The molecule has 0 aliphatic heterocycles. The molecule has 0 aliphatic rings. The van der Waals surface area contributed by atoms with Gasteiger partial charge >= 0.3 is 0 Å². The van der Waals surface area contributed by atoms with Crippen molar-refractivity contribution in [3.05, 3.63) is 48.3 Å². The van der Waals surface area contributed by atoms with Gasteiger partial charge in [0.25, 0.3) is 0 Å². The number of aromatic nitrogens is 1. The van der Waals surface area contributed by atoms with Crippen LogP contribution in [-0.2, 0) is 11.3 Å². The molecule has 6 nitrogen and oxygen atoms in total. The number of hydrogen-bond donors (Lipinski definition) is 2. The van der Waals surface area contributed by atoms with Gasteiger partial charge in [0.15, 0.2) is 0 Å². The molecule has 1 heterocycles. The second kappa shape index (κ2) is 8.75. The fourth-order valence-corrected chi connectivity index (χ4v) is 2.05. The predicted molar refractivity (Wildman–Crippen MR) is 88.7 cm³/mol. The van der Waals surface area contributed by atoms with Gasteiger partial charge in [-0.1, -0.05) is 6.07 Å². The van der Waals surface area contributed by atoms with Crippen molar-refractivity contribution in [3.63, 3.8) is 0 Å². The van der Waals surface area contributed by atoms with E-state index in [1.54, 1.807) is 38.6 Å². The lowest BCUT2D eigenvalue weighted by atomic mass is 10.2. The van der Waals surface area contributed by atoms with E-state index in [1.807, 2.05) is 18.2 Å². The summed E-state index contributed by atoms with van der Waals surface area (Å²) in [5.74, 6) is 1.17. The van der Waals surface area contributed by atoms with Gasteiger partial charge in [0.1, 0.15) is 11.5 Å². The van der Waals surface area contributed by atoms with Crippen LogP contribution in [0.2, 0.25) is 0 Å². The lowest BCUT2D eigenvalue weighted by Gasteiger charge is -2.12. The Balaban J connectivity index is 1.80. The van der Waals surface area contributed by atoms with Crippen LogP contribution < -0.4 is 20.1 Å². The van der Waals surface area contributed by atoms with Crippen LogP contribution in [0.4, 0.5) is 5.69 Å². The van der Waals surface area contributed by atoms with E-state index in [0.717, 1.165) is 5.69 Å². The fraction of sp³-hybridized carbons (Fsp3) is 0.294. The minimum atomic E-state index is -0.0925. The average Bonchev–Trinajstić information content (AvgIpc) is 2.59. The highest BCUT2D eigenvalue weighted by molar-refractivity contribution is 5.92. The molecule has 6 heteroatoms. The van der Waals surface area contributed by atoms with Crippen LogP contribution in [0, 0.1) is 0 Å². The zero-order chi connectivity index (χ0) is 16.5. The lowest BCUT2D eigenvalue weighted by molar-refractivity contribution is -0.116. The van der Waals surface area contributed by atoms with Gasteiger partial charge in [-0.3, -0.25) is 9.78 Å². The van der Waals surface area contributed by atoms with E-state index in [9.17, 15) is 4.79 Å².